The Bertz CT molecular complexity index is 421. The van der Waals surface area contributed by atoms with Gasteiger partial charge in [0.05, 0.1) is 5.41 Å². The summed E-state index contributed by atoms with van der Waals surface area (Å²) in [6.07, 6.45) is 3.23. The van der Waals surface area contributed by atoms with Crippen LogP contribution in [0.5, 0.6) is 0 Å². The van der Waals surface area contributed by atoms with Crippen molar-refractivity contribution in [3.05, 3.63) is 23.4 Å². The Kier molecular flexibility index (Phi) is 4.16. The second-order valence-electron chi connectivity index (χ2n) is 4.62. The van der Waals surface area contributed by atoms with Gasteiger partial charge in [-0.25, -0.2) is 4.79 Å². The van der Waals surface area contributed by atoms with Gasteiger partial charge in [0.1, 0.15) is 0 Å². The zero-order valence-corrected chi connectivity index (χ0v) is 10.9. The molecule has 0 aliphatic heterocycles. The molecule has 0 fully saturated rings. The van der Waals surface area contributed by atoms with Crippen LogP contribution in [0.4, 0.5) is 0 Å². The molecule has 1 aliphatic rings. The monoisotopic (exact) mass is 253 g/mol. The molecule has 0 aromatic rings. The average Bonchev–Trinajstić information content (AvgIpc) is 2.29. The second-order valence-corrected chi connectivity index (χ2v) is 4.62. The Morgan fingerprint density at radius 3 is 2.28 bits per heavy atom. The Morgan fingerprint density at radius 2 is 1.89 bits per heavy atom. The third-order valence-electron chi connectivity index (χ3n) is 3.24. The summed E-state index contributed by atoms with van der Waals surface area (Å²) in [5.41, 5.74) is -0.335. The first-order valence-electron chi connectivity index (χ1n) is 5.99. The molecule has 5 heteroatoms. The van der Waals surface area contributed by atoms with E-state index in [1.807, 2.05) is 18.7 Å². The van der Waals surface area contributed by atoms with Gasteiger partial charge in [0, 0.05) is 24.4 Å². The molecule has 0 aromatic heterocycles. The molecular formula is C13H19NO4. The second kappa shape index (κ2) is 5.25. The summed E-state index contributed by atoms with van der Waals surface area (Å²) >= 11 is 0. The molecule has 0 bridgehead atoms. The number of allylic oxidation sites excluding steroid dienone is 1. The normalized spacial score (nSPS) is 23.1. The average molecular weight is 253 g/mol. The topological polar surface area (TPSA) is 77.8 Å². The maximum atomic E-state index is 11.3. The molecule has 2 N–H and O–H groups in total. The molecule has 0 saturated carbocycles. The van der Waals surface area contributed by atoms with Crippen molar-refractivity contribution in [3.63, 3.8) is 0 Å². The van der Waals surface area contributed by atoms with Crippen LogP contribution in [0, 0.1) is 5.41 Å². The van der Waals surface area contributed by atoms with E-state index in [1.54, 1.807) is 19.1 Å². The van der Waals surface area contributed by atoms with E-state index in [-0.39, 0.29) is 12.0 Å². The highest BCUT2D eigenvalue weighted by atomic mass is 16.4. The van der Waals surface area contributed by atoms with Crippen LogP contribution in [0.2, 0.25) is 0 Å². The number of likely N-dealkylation sites (N-methyl/N-ethyl adjacent to an activating group) is 1. The largest absolute Gasteiger partial charge is 0.481 e. The van der Waals surface area contributed by atoms with Crippen molar-refractivity contribution in [2.45, 2.75) is 27.2 Å². The third kappa shape index (κ3) is 2.72. The van der Waals surface area contributed by atoms with Crippen molar-refractivity contribution in [2.24, 2.45) is 5.41 Å². The molecule has 0 spiro atoms. The summed E-state index contributed by atoms with van der Waals surface area (Å²) in [7, 11) is 0. The molecule has 0 amide bonds. The van der Waals surface area contributed by atoms with Crippen LogP contribution in [0.25, 0.3) is 0 Å². The number of aliphatic carboxylic acids is 2. The Hall–Kier alpha value is -1.78. The summed E-state index contributed by atoms with van der Waals surface area (Å²) in [5, 5.41) is 18.3. The summed E-state index contributed by atoms with van der Waals surface area (Å²) in [6, 6.07) is 0. The van der Waals surface area contributed by atoms with Crippen LogP contribution in [-0.2, 0) is 9.59 Å². The standard InChI is InChI=1S/C13H19NO4/c1-4-14(5-2)10-6-9(11(15)16)7-13(3,8-10)12(17)18/h6,8H,4-5,7H2,1-3H3,(H,15,16)(H,17,18). The van der Waals surface area contributed by atoms with Crippen molar-refractivity contribution in [1.29, 1.82) is 0 Å². The molecule has 18 heavy (non-hydrogen) atoms. The third-order valence-corrected chi connectivity index (χ3v) is 3.24. The van der Waals surface area contributed by atoms with Crippen LogP contribution in [0.1, 0.15) is 27.2 Å². The van der Waals surface area contributed by atoms with Crippen molar-refractivity contribution >= 4 is 11.9 Å². The van der Waals surface area contributed by atoms with Gasteiger partial charge in [-0.1, -0.05) is 0 Å². The maximum absolute atomic E-state index is 11.3. The van der Waals surface area contributed by atoms with E-state index in [2.05, 4.69) is 0 Å². The van der Waals surface area contributed by atoms with Crippen molar-refractivity contribution in [1.82, 2.24) is 4.90 Å². The van der Waals surface area contributed by atoms with Gasteiger partial charge in [-0.05, 0) is 39.3 Å². The van der Waals surface area contributed by atoms with E-state index in [9.17, 15) is 14.7 Å². The smallest absolute Gasteiger partial charge is 0.331 e. The summed E-state index contributed by atoms with van der Waals surface area (Å²) < 4.78 is 0. The zero-order chi connectivity index (χ0) is 13.9. The first kappa shape index (κ1) is 14.3. The quantitative estimate of drug-likeness (QED) is 0.780. The van der Waals surface area contributed by atoms with Gasteiger partial charge in [0.2, 0.25) is 0 Å². The highest BCUT2D eigenvalue weighted by Gasteiger charge is 2.37. The zero-order valence-electron chi connectivity index (χ0n) is 10.9. The predicted octanol–water partition coefficient (Wildman–Crippen LogP) is 1.72. The van der Waals surface area contributed by atoms with Crippen LogP contribution < -0.4 is 0 Å². The predicted molar refractivity (Wildman–Crippen MR) is 67.1 cm³/mol. The van der Waals surface area contributed by atoms with E-state index in [0.29, 0.717) is 18.8 Å². The van der Waals surface area contributed by atoms with E-state index in [1.165, 1.54) is 0 Å². The van der Waals surface area contributed by atoms with Crippen LogP contribution in [0.3, 0.4) is 0 Å². The molecule has 1 rings (SSSR count). The van der Waals surface area contributed by atoms with Gasteiger partial charge in [0.15, 0.2) is 0 Å². The molecule has 1 atom stereocenters. The number of carboxylic acids is 2. The number of hydrogen-bond donors (Lipinski definition) is 2. The Balaban J connectivity index is 3.22. The summed E-state index contributed by atoms with van der Waals surface area (Å²) in [4.78, 5) is 24.4. The maximum Gasteiger partial charge on any atom is 0.331 e. The molecular weight excluding hydrogens is 234 g/mol. The first-order chi connectivity index (χ1) is 8.34. The Labute approximate surface area is 106 Å². The van der Waals surface area contributed by atoms with E-state index >= 15 is 0 Å². The molecule has 0 aromatic carbocycles. The van der Waals surface area contributed by atoms with Gasteiger partial charge in [-0.15, -0.1) is 0 Å². The number of nitrogens with zero attached hydrogens (tertiary/aromatic N) is 1. The van der Waals surface area contributed by atoms with Crippen molar-refractivity contribution in [2.75, 3.05) is 13.1 Å². The minimum Gasteiger partial charge on any atom is -0.481 e. The van der Waals surface area contributed by atoms with Gasteiger partial charge in [-0.3, -0.25) is 4.79 Å². The fourth-order valence-electron chi connectivity index (χ4n) is 2.09. The minimum absolute atomic E-state index is 0.0163. The van der Waals surface area contributed by atoms with E-state index < -0.39 is 17.4 Å². The highest BCUT2D eigenvalue weighted by Crippen LogP contribution is 2.35. The SMILES string of the molecule is CCN(CC)C1=CC(C)(C(=O)O)CC(C(=O)O)=C1. The summed E-state index contributed by atoms with van der Waals surface area (Å²) in [5.74, 6) is -2.06. The van der Waals surface area contributed by atoms with Gasteiger partial charge in [0.25, 0.3) is 0 Å². The molecule has 0 saturated heterocycles. The highest BCUT2D eigenvalue weighted by molar-refractivity contribution is 5.90. The van der Waals surface area contributed by atoms with Crippen LogP contribution in [0.15, 0.2) is 23.4 Å². The molecule has 100 valence electrons. The fraction of sp³-hybridized carbons (Fsp3) is 0.538. The lowest BCUT2D eigenvalue weighted by Gasteiger charge is -2.31. The lowest BCUT2D eigenvalue weighted by Crippen LogP contribution is -2.33. The summed E-state index contributed by atoms with van der Waals surface area (Å²) in [6.45, 7) is 6.87. The van der Waals surface area contributed by atoms with Crippen LogP contribution in [-0.4, -0.2) is 40.1 Å². The molecule has 1 aliphatic carbocycles. The lowest BCUT2D eigenvalue weighted by molar-refractivity contribution is -0.145. The minimum atomic E-state index is -1.15. The van der Waals surface area contributed by atoms with Gasteiger partial charge in [-0.2, -0.15) is 0 Å². The fourth-order valence-corrected chi connectivity index (χ4v) is 2.09. The van der Waals surface area contributed by atoms with Crippen molar-refractivity contribution in [3.8, 4) is 0 Å². The van der Waals surface area contributed by atoms with Gasteiger partial charge >= 0.3 is 11.9 Å². The van der Waals surface area contributed by atoms with Crippen molar-refractivity contribution < 1.29 is 19.8 Å². The van der Waals surface area contributed by atoms with E-state index in [4.69, 9.17) is 5.11 Å². The van der Waals surface area contributed by atoms with Crippen LogP contribution >= 0.6 is 0 Å². The number of rotatable bonds is 5. The number of hydrogen-bond acceptors (Lipinski definition) is 3. The number of carbonyl (C=O) groups is 2. The van der Waals surface area contributed by atoms with E-state index in [0.717, 1.165) is 0 Å². The molecule has 0 radical (unpaired) electrons. The molecule has 1 unspecified atom stereocenters. The molecule has 0 heterocycles. The first-order valence-corrected chi connectivity index (χ1v) is 5.99. The Morgan fingerprint density at radius 1 is 1.33 bits per heavy atom. The number of carboxylic acid groups (broad SMARTS) is 2. The van der Waals surface area contributed by atoms with Gasteiger partial charge < -0.3 is 15.1 Å². The molecule has 5 nitrogen and oxygen atoms in total. The lowest BCUT2D eigenvalue weighted by atomic mass is 9.79.